The molecule has 10 aromatic carbocycles. The number of hydrogen-bond donors (Lipinski definition) is 0. The van der Waals surface area contributed by atoms with E-state index in [9.17, 15) is 0 Å². The van der Waals surface area contributed by atoms with E-state index in [2.05, 4.69) is 291 Å². The molecule has 0 aromatic heterocycles. The maximum atomic E-state index is 2.41. The van der Waals surface area contributed by atoms with Crippen LogP contribution in [-0.2, 0) is 0 Å². The van der Waals surface area contributed by atoms with E-state index < -0.39 is 0 Å². The molecule has 10 aromatic rings. The second-order valence-electron chi connectivity index (χ2n) is 20.7. The second-order valence-corrected chi connectivity index (χ2v) is 20.7. The zero-order chi connectivity index (χ0) is 51.4. The standard InChI is InChI=1S/C74H62N2/c1-52-17-23-55(24-18-52)25-27-57-33-41-63(42-34-57)75(61-37-19-53(2)20-38-61)65-45-47-71-68-14-8-10-16-70(68)74-51-66(46-48-72(74)67-13-7-9-15-69(67)73(71)50-65)76(62-39-21-54(3)22-40-62)64-43-35-58(36-44-64)28-26-56-29-31-60(32-30-56)49-59-11-5-4-6-12-59/h7-10,13-51H,4-6,11-12H2,1-3H3. The van der Waals surface area contributed by atoms with Crippen molar-refractivity contribution in [1.29, 1.82) is 0 Å². The molecule has 1 saturated carbocycles. The summed E-state index contributed by atoms with van der Waals surface area (Å²) in [6, 6.07) is 85.3. The van der Waals surface area contributed by atoms with Crippen LogP contribution in [0.25, 0.3) is 30.4 Å². The van der Waals surface area contributed by atoms with Gasteiger partial charge in [0, 0.05) is 34.1 Å². The molecule has 0 N–H and O–H groups in total. The van der Waals surface area contributed by atoms with Gasteiger partial charge < -0.3 is 9.80 Å². The number of aryl methyl sites for hydroxylation is 3. The van der Waals surface area contributed by atoms with Gasteiger partial charge in [0.15, 0.2) is 0 Å². The number of hydrogen-bond acceptors (Lipinski definition) is 2. The van der Waals surface area contributed by atoms with Gasteiger partial charge in [-0.25, -0.2) is 0 Å². The molecule has 0 radical (unpaired) electrons. The van der Waals surface area contributed by atoms with Gasteiger partial charge >= 0.3 is 0 Å². The Balaban J connectivity index is 0.965. The van der Waals surface area contributed by atoms with Gasteiger partial charge in [-0.2, -0.15) is 0 Å². The van der Waals surface area contributed by atoms with E-state index in [1.165, 1.54) is 107 Å². The monoisotopic (exact) mass is 978 g/mol. The Morgan fingerprint density at radius 2 is 0.539 bits per heavy atom. The van der Waals surface area contributed by atoms with Gasteiger partial charge in [0.25, 0.3) is 0 Å². The van der Waals surface area contributed by atoms with E-state index in [-0.39, 0.29) is 0 Å². The average molecular weight is 979 g/mol. The summed E-state index contributed by atoms with van der Waals surface area (Å²) >= 11 is 0. The maximum Gasteiger partial charge on any atom is 0.0468 e. The summed E-state index contributed by atoms with van der Waals surface area (Å²) in [5.74, 6) is 0. The molecule has 2 aliphatic carbocycles. The maximum absolute atomic E-state index is 2.41. The normalized spacial score (nSPS) is 12.8. The lowest BCUT2D eigenvalue weighted by Gasteiger charge is -2.26. The lowest BCUT2D eigenvalue weighted by molar-refractivity contribution is 0.602. The van der Waals surface area contributed by atoms with Gasteiger partial charge in [-0.1, -0.05) is 217 Å². The van der Waals surface area contributed by atoms with Gasteiger partial charge in [-0.3, -0.25) is 0 Å². The van der Waals surface area contributed by atoms with Crippen molar-refractivity contribution in [3.8, 4) is 0 Å². The van der Waals surface area contributed by atoms with Crippen molar-refractivity contribution in [3.05, 3.63) is 322 Å². The van der Waals surface area contributed by atoms with Crippen LogP contribution < -0.4 is 9.80 Å². The van der Waals surface area contributed by atoms with Gasteiger partial charge in [0.2, 0.25) is 0 Å². The number of anilines is 6. The highest BCUT2D eigenvalue weighted by Crippen LogP contribution is 2.38. The fourth-order valence-corrected chi connectivity index (χ4v) is 11.1. The lowest BCUT2D eigenvalue weighted by atomic mass is 9.93. The summed E-state index contributed by atoms with van der Waals surface area (Å²) in [6.45, 7) is 6.43. The van der Waals surface area contributed by atoms with Crippen LogP contribution in [0.5, 0.6) is 0 Å². The molecule has 2 aliphatic rings. The smallest absolute Gasteiger partial charge is 0.0468 e. The van der Waals surface area contributed by atoms with E-state index in [1.54, 1.807) is 5.57 Å². The van der Waals surface area contributed by atoms with Gasteiger partial charge in [0.1, 0.15) is 0 Å². The number of nitrogens with zero attached hydrogens (tertiary/aromatic N) is 2. The molecule has 0 heterocycles. The van der Waals surface area contributed by atoms with Crippen molar-refractivity contribution in [1.82, 2.24) is 0 Å². The van der Waals surface area contributed by atoms with Crippen molar-refractivity contribution in [2.24, 2.45) is 0 Å². The zero-order valence-corrected chi connectivity index (χ0v) is 43.8. The van der Waals surface area contributed by atoms with E-state index in [0.717, 1.165) is 45.3 Å². The summed E-state index contributed by atoms with van der Waals surface area (Å²) in [5.41, 5.74) is 18.0. The minimum atomic E-state index is 1.10. The Morgan fingerprint density at radius 1 is 0.263 bits per heavy atom. The van der Waals surface area contributed by atoms with Crippen molar-refractivity contribution < 1.29 is 0 Å². The van der Waals surface area contributed by atoms with Gasteiger partial charge in [-0.15, -0.1) is 0 Å². The number of fused-ring (bicyclic) bond motifs is 4. The summed E-state index contributed by atoms with van der Waals surface area (Å²) in [4.78, 5) is 4.78. The quantitative estimate of drug-likeness (QED) is 0.119. The van der Waals surface area contributed by atoms with E-state index in [0.29, 0.717) is 0 Å². The number of rotatable bonds is 11. The summed E-state index contributed by atoms with van der Waals surface area (Å²) in [6.07, 6.45) is 17.7. The molecule has 0 bridgehead atoms. The summed E-state index contributed by atoms with van der Waals surface area (Å²) in [5, 5.41) is 9.63. The Bertz CT molecular complexity index is 4220. The molecular formula is C74H62N2. The van der Waals surface area contributed by atoms with E-state index >= 15 is 0 Å². The van der Waals surface area contributed by atoms with E-state index in [4.69, 9.17) is 0 Å². The van der Waals surface area contributed by atoms with Crippen LogP contribution in [0.2, 0.25) is 0 Å². The number of benzene rings is 10. The third-order valence-electron chi connectivity index (χ3n) is 15.2. The Kier molecular flexibility index (Phi) is 13.6. The van der Waals surface area contributed by atoms with Gasteiger partial charge in [0.05, 0.1) is 0 Å². The zero-order valence-electron chi connectivity index (χ0n) is 43.8. The molecule has 0 amide bonds. The first-order chi connectivity index (χ1) is 37.4. The van der Waals surface area contributed by atoms with Crippen LogP contribution in [0.4, 0.5) is 34.1 Å². The predicted octanol–water partition coefficient (Wildman–Crippen LogP) is 19.7. The molecule has 1 fully saturated rings. The Hall–Kier alpha value is -8.98. The highest BCUT2D eigenvalue weighted by atomic mass is 15.1. The molecule has 0 atom stereocenters. The summed E-state index contributed by atoms with van der Waals surface area (Å²) < 4.78 is 0. The molecule has 12 rings (SSSR count). The number of allylic oxidation sites excluding steroid dienone is 1. The first-order valence-electron chi connectivity index (χ1n) is 27.0. The van der Waals surface area contributed by atoms with E-state index in [1.807, 2.05) is 0 Å². The van der Waals surface area contributed by atoms with Crippen LogP contribution in [0.1, 0.15) is 76.6 Å². The Morgan fingerprint density at radius 3 is 0.921 bits per heavy atom. The third kappa shape index (κ3) is 10.3. The van der Waals surface area contributed by atoms with Crippen LogP contribution in [0.3, 0.4) is 0 Å². The van der Waals surface area contributed by atoms with Crippen LogP contribution >= 0.6 is 0 Å². The minimum Gasteiger partial charge on any atom is -0.310 e. The van der Waals surface area contributed by atoms with Crippen molar-refractivity contribution in [2.45, 2.75) is 52.9 Å². The van der Waals surface area contributed by atoms with Crippen LogP contribution in [0.15, 0.2) is 236 Å². The second kappa shape index (κ2) is 21.5. The highest BCUT2D eigenvalue weighted by Gasteiger charge is 2.16. The van der Waals surface area contributed by atoms with Crippen molar-refractivity contribution in [2.75, 3.05) is 9.80 Å². The fraction of sp³-hybridized carbons (Fsp3) is 0.108. The first kappa shape index (κ1) is 48.0. The Labute approximate surface area is 447 Å². The topological polar surface area (TPSA) is 6.48 Å². The molecule has 76 heavy (non-hydrogen) atoms. The lowest BCUT2D eigenvalue weighted by Crippen LogP contribution is -2.10. The molecule has 0 spiro atoms. The van der Waals surface area contributed by atoms with Crippen molar-refractivity contribution >= 4 is 64.5 Å². The van der Waals surface area contributed by atoms with Gasteiger partial charge in [-0.05, 0) is 189 Å². The van der Waals surface area contributed by atoms with Crippen LogP contribution in [0, 0.1) is 62.5 Å². The molecule has 0 unspecified atom stereocenters. The molecular weight excluding hydrogens is 917 g/mol. The average Bonchev–Trinajstić information content (AvgIpc) is 3.46. The SMILES string of the molecule is Cc1ccc(C=Cc2ccc(N(c3ccc(C)cc3)c3ccc4c(c3)=c3ccccc3=c3ccc(N(c5ccc(C)cc5)c5ccc(C=Cc6ccc(C=C7CCCCC7)cc6)cc5)cc3=c3ccccc3=4)cc2)cc1. The molecule has 2 heteroatoms. The van der Waals surface area contributed by atoms with Crippen molar-refractivity contribution in [3.63, 3.8) is 0 Å². The first-order valence-corrected chi connectivity index (χ1v) is 27.0. The molecule has 0 saturated heterocycles. The molecule has 0 aliphatic heterocycles. The molecule has 2 nitrogen and oxygen atoms in total. The minimum absolute atomic E-state index is 1.10. The third-order valence-corrected chi connectivity index (χ3v) is 15.2. The summed E-state index contributed by atoms with van der Waals surface area (Å²) in [7, 11) is 0. The highest BCUT2D eigenvalue weighted by molar-refractivity contribution is 5.80. The fourth-order valence-electron chi connectivity index (χ4n) is 11.1. The van der Waals surface area contributed by atoms with Crippen LogP contribution in [-0.4, -0.2) is 0 Å². The molecule has 368 valence electrons. The largest absolute Gasteiger partial charge is 0.310 e. The predicted molar refractivity (Wildman–Crippen MR) is 322 cm³/mol.